The van der Waals surface area contributed by atoms with Crippen LogP contribution >= 0.6 is 0 Å². The molecule has 0 amide bonds. The van der Waals surface area contributed by atoms with Crippen LogP contribution in [0.1, 0.15) is 271 Å². The van der Waals surface area contributed by atoms with Crippen molar-refractivity contribution in [3.05, 3.63) is 18.2 Å². The Bertz CT molecular complexity index is 751. The number of unbranched alkanes of at least 4 members (excludes halogenated alkanes) is 35. The van der Waals surface area contributed by atoms with Crippen LogP contribution < -0.4 is 4.57 Å². The molecule has 0 atom stereocenters. The largest absolute Gasteiger partial charge is 0.256 e. The molecule has 0 aromatic carbocycles. The summed E-state index contributed by atoms with van der Waals surface area (Å²) in [5, 5.41) is 0. The molecule has 1 heterocycles. The Morgan fingerprint density at radius 3 is 0.980 bits per heavy atom. The van der Waals surface area contributed by atoms with Crippen molar-refractivity contribution in [2.24, 2.45) is 0 Å². The van der Waals surface area contributed by atoms with E-state index in [0.29, 0.717) is 0 Å². The van der Waals surface area contributed by atoms with E-state index in [2.05, 4.69) is 42.3 Å². The summed E-state index contributed by atoms with van der Waals surface area (Å²) in [5.74, 6) is 1.63. The first kappa shape index (κ1) is 46.2. The molecule has 0 aliphatic rings. The van der Waals surface area contributed by atoms with Crippen molar-refractivity contribution in [1.82, 2.24) is 4.57 Å². The summed E-state index contributed by atoms with van der Waals surface area (Å²) in [6, 6.07) is 0. The minimum atomic E-state index is 1.23. The van der Waals surface area contributed by atoms with Crippen LogP contribution in [0.15, 0.2) is 12.4 Å². The van der Waals surface area contributed by atoms with Crippen LogP contribution in [0, 0.1) is 0 Å². The van der Waals surface area contributed by atoms with E-state index in [9.17, 15) is 0 Å². The van der Waals surface area contributed by atoms with Crippen LogP contribution in [0.2, 0.25) is 0 Å². The Labute approximate surface area is 310 Å². The van der Waals surface area contributed by atoms with Crippen LogP contribution in [-0.4, -0.2) is 4.57 Å². The van der Waals surface area contributed by atoms with E-state index in [0.717, 1.165) is 0 Å². The molecule has 290 valence electrons. The lowest BCUT2D eigenvalue weighted by atomic mass is 10.0. The second-order valence-corrected chi connectivity index (χ2v) is 16.2. The summed E-state index contributed by atoms with van der Waals surface area (Å²) in [7, 11) is 0. The van der Waals surface area contributed by atoms with E-state index in [1.54, 1.807) is 5.82 Å². The predicted octanol–water partition coefficient (Wildman–Crippen LogP) is 16.2. The molecule has 49 heavy (non-hydrogen) atoms. The number of hydrogen-bond acceptors (Lipinski definition) is 0. The molecular formula is C47H93N2+. The number of imidazole rings is 1. The van der Waals surface area contributed by atoms with Gasteiger partial charge < -0.3 is 0 Å². The van der Waals surface area contributed by atoms with Crippen molar-refractivity contribution in [2.75, 3.05) is 0 Å². The highest BCUT2D eigenvalue weighted by Crippen LogP contribution is 2.16. The van der Waals surface area contributed by atoms with Gasteiger partial charge in [0.25, 0.3) is 5.82 Å². The lowest BCUT2D eigenvalue weighted by Gasteiger charge is -2.07. The Balaban J connectivity index is 2.27. The summed E-state index contributed by atoms with van der Waals surface area (Å²) >= 11 is 0. The van der Waals surface area contributed by atoms with Gasteiger partial charge in [0, 0.05) is 6.42 Å². The first-order valence-electron chi connectivity index (χ1n) is 23.4. The third-order valence-corrected chi connectivity index (χ3v) is 11.3. The van der Waals surface area contributed by atoms with Gasteiger partial charge in [-0.15, -0.1) is 0 Å². The lowest BCUT2D eigenvalue weighted by molar-refractivity contribution is -0.704. The molecule has 1 aromatic heterocycles. The van der Waals surface area contributed by atoms with Gasteiger partial charge >= 0.3 is 0 Å². The standard InChI is InChI=1S/C47H93N2/c1-4-7-10-13-16-19-22-24-25-26-27-30-33-36-39-42-47-48(43-40-37-34-31-28-21-18-15-12-9-6-3)45-46-49(47)44-41-38-35-32-29-23-20-17-14-11-8-5-2/h45-46H,4-44H2,1-3H3/q+1. The smallest absolute Gasteiger partial charge is 0.234 e. The fourth-order valence-electron chi connectivity index (χ4n) is 7.92. The second kappa shape index (κ2) is 38.4. The van der Waals surface area contributed by atoms with Gasteiger partial charge in [0.2, 0.25) is 0 Å². The number of nitrogens with zero attached hydrogens (tertiary/aromatic N) is 2. The van der Waals surface area contributed by atoms with Gasteiger partial charge in [0.1, 0.15) is 12.4 Å². The van der Waals surface area contributed by atoms with Crippen LogP contribution in [-0.2, 0) is 19.5 Å². The number of aryl methyl sites for hydroxylation is 2. The monoisotopic (exact) mass is 686 g/mol. The molecule has 0 radical (unpaired) electrons. The SMILES string of the molecule is CCCCCCCCCCCCCCCCCc1n(CCCCCCCCCCCCC)cc[n+]1CCCCCCCCCCCCCC. The van der Waals surface area contributed by atoms with E-state index in [1.807, 2.05) is 0 Å². The van der Waals surface area contributed by atoms with Crippen molar-refractivity contribution < 1.29 is 4.57 Å². The molecule has 0 unspecified atom stereocenters. The maximum absolute atomic E-state index is 2.65. The molecule has 0 saturated carbocycles. The Kier molecular flexibility index (Phi) is 36.3. The Morgan fingerprint density at radius 1 is 0.347 bits per heavy atom. The maximum Gasteiger partial charge on any atom is 0.256 e. The normalized spacial score (nSPS) is 11.7. The van der Waals surface area contributed by atoms with Crippen LogP contribution in [0.4, 0.5) is 0 Å². The summed E-state index contributed by atoms with van der Waals surface area (Å²) in [6.45, 7) is 9.41. The zero-order valence-corrected chi connectivity index (χ0v) is 34.5. The van der Waals surface area contributed by atoms with Crippen molar-refractivity contribution in [3.63, 3.8) is 0 Å². The van der Waals surface area contributed by atoms with Crippen molar-refractivity contribution in [2.45, 2.75) is 284 Å². The highest BCUT2D eigenvalue weighted by atomic mass is 15.1. The molecule has 0 spiro atoms. The molecular weight excluding hydrogens is 593 g/mol. The molecule has 0 saturated heterocycles. The van der Waals surface area contributed by atoms with Crippen LogP contribution in [0.25, 0.3) is 0 Å². The zero-order chi connectivity index (χ0) is 35.1. The molecule has 2 heteroatoms. The van der Waals surface area contributed by atoms with E-state index in [1.165, 1.54) is 264 Å². The van der Waals surface area contributed by atoms with Gasteiger partial charge in [-0.25, -0.2) is 9.13 Å². The van der Waals surface area contributed by atoms with Gasteiger partial charge in [-0.3, -0.25) is 0 Å². The molecule has 0 fully saturated rings. The minimum absolute atomic E-state index is 1.23. The van der Waals surface area contributed by atoms with E-state index in [-0.39, 0.29) is 0 Å². The van der Waals surface area contributed by atoms with Crippen molar-refractivity contribution in [3.8, 4) is 0 Å². The van der Waals surface area contributed by atoms with Crippen molar-refractivity contribution >= 4 is 0 Å². The van der Waals surface area contributed by atoms with E-state index in [4.69, 9.17) is 0 Å². The first-order valence-corrected chi connectivity index (χ1v) is 23.4. The number of aromatic nitrogens is 2. The fraction of sp³-hybridized carbons (Fsp3) is 0.936. The fourth-order valence-corrected chi connectivity index (χ4v) is 7.92. The molecule has 1 rings (SSSR count). The second-order valence-electron chi connectivity index (χ2n) is 16.2. The number of hydrogen-bond donors (Lipinski definition) is 0. The van der Waals surface area contributed by atoms with Gasteiger partial charge in [-0.2, -0.15) is 0 Å². The quantitative estimate of drug-likeness (QED) is 0.0479. The van der Waals surface area contributed by atoms with E-state index < -0.39 is 0 Å². The van der Waals surface area contributed by atoms with Crippen LogP contribution in [0.5, 0.6) is 0 Å². The minimum Gasteiger partial charge on any atom is -0.234 e. The first-order chi connectivity index (χ1) is 24.3. The van der Waals surface area contributed by atoms with Gasteiger partial charge in [0.05, 0.1) is 13.1 Å². The molecule has 0 aliphatic heterocycles. The predicted molar refractivity (Wildman–Crippen MR) is 221 cm³/mol. The average Bonchev–Trinajstić information content (AvgIpc) is 3.50. The topological polar surface area (TPSA) is 8.81 Å². The Hall–Kier alpha value is -0.790. The molecule has 2 nitrogen and oxygen atoms in total. The summed E-state index contributed by atoms with van der Waals surface area (Å²) in [6.07, 6.45) is 60.8. The third kappa shape index (κ3) is 30.5. The summed E-state index contributed by atoms with van der Waals surface area (Å²) in [4.78, 5) is 0. The lowest BCUT2D eigenvalue weighted by Crippen LogP contribution is -2.37. The van der Waals surface area contributed by atoms with E-state index >= 15 is 0 Å². The van der Waals surface area contributed by atoms with Gasteiger partial charge in [-0.1, -0.05) is 233 Å². The summed E-state index contributed by atoms with van der Waals surface area (Å²) in [5.41, 5.74) is 0. The third-order valence-electron chi connectivity index (χ3n) is 11.3. The van der Waals surface area contributed by atoms with Crippen molar-refractivity contribution in [1.29, 1.82) is 0 Å². The van der Waals surface area contributed by atoms with Crippen LogP contribution in [0.3, 0.4) is 0 Å². The highest BCUT2D eigenvalue weighted by molar-refractivity contribution is 4.84. The molecule has 0 aliphatic carbocycles. The molecule has 0 N–H and O–H groups in total. The summed E-state index contributed by atoms with van der Waals surface area (Å²) < 4.78 is 5.30. The zero-order valence-electron chi connectivity index (χ0n) is 34.5. The highest BCUT2D eigenvalue weighted by Gasteiger charge is 2.16. The molecule has 1 aromatic rings. The van der Waals surface area contributed by atoms with Gasteiger partial charge in [-0.05, 0) is 32.1 Å². The maximum atomic E-state index is 2.65. The van der Waals surface area contributed by atoms with Gasteiger partial charge in [0.15, 0.2) is 0 Å². The number of rotatable bonds is 41. The Morgan fingerprint density at radius 2 is 0.633 bits per heavy atom. The average molecular weight is 686 g/mol. The molecule has 0 bridgehead atoms.